The molecular weight excluding hydrogens is 533 g/mol. The van der Waals surface area contributed by atoms with Gasteiger partial charge in [-0.15, -0.1) is 0 Å². The van der Waals surface area contributed by atoms with Gasteiger partial charge in [0.15, 0.2) is 0 Å². The van der Waals surface area contributed by atoms with E-state index in [1.54, 1.807) is 18.2 Å². The number of amides is 2. The maximum atomic E-state index is 15.0. The van der Waals surface area contributed by atoms with E-state index in [0.717, 1.165) is 16.2 Å². The molecule has 1 N–H and O–H groups in total. The van der Waals surface area contributed by atoms with Crippen molar-refractivity contribution in [3.05, 3.63) is 49.5 Å². The van der Waals surface area contributed by atoms with Gasteiger partial charge in [0.25, 0.3) is 0 Å². The molecule has 0 unspecified atom stereocenters. The minimum absolute atomic E-state index is 0.0964. The molecule has 34 heavy (non-hydrogen) atoms. The summed E-state index contributed by atoms with van der Waals surface area (Å²) in [6, 6.07) is 6.45. The van der Waals surface area contributed by atoms with Crippen LogP contribution in [0.3, 0.4) is 0 Å². The van der Waals surface area contributed by atoms with E-state index in [1.165, 1.54) is 17.9 Å². The smallest absolute Gasteiger partial charge is 0.414 e. The van der Waals surface area contributed by atoms with Crippen LogP contribution < -0.4 is 15.1 Å². The minimum atomic E-state index is -0.573. The van der Waals surface area contributed by atoms with E-state index >= 15 is 0 Å². The Bertz CT molecular complexity index is 1110. The van der Waals surface area contributed by atoms with Gasteiger partial charge in [0.1, 0.15) is 16.4 Å². The number of thiophene rings is 1. The summed E-state index contributed by atoms with van der Waals surface area (Å²) in [5.41, 5.74) is 0.861. The fourth-order valence-corrected chi connectivity index (χ4v) is 5.71. The average molecular weight is 556 g/mol. The Kier molecular flexibility index (Phi) is 7.33. The molecule has 2 fully saturated rings. The predicted molar refractivity (Wildman–Crippen MR) is 129 cm³/mol. The Morgan fingerprint density at radius 2 is 2.06 bits per heavy atom. The molecule has 1 aromatic heterocycles. The summed E-state index contributed by atoms with van der Waals surface area (Å²) < 4.78 is 20.7. The van der Waals surface area contributed by atoms with Crippen molar-refractivity contribution >= 4 is 55.6 Å². The highest BCUT2D eigenvalue weighted by Gasteiger charge is 2.33. The molecule has 1 atom stereocenters. The number of nitrogens with one attached hydrogen (secondary N) is 1. The van der Waals surface area contributed by atoms with E-state index in [9.17, 15) is 24.1 Å². The van der Waals surface area contributed by atoms with Gasteiger partial charge in [-0.3, -0.25) is 24.7 Å². The highest BCUT2D eigenvalue weighted by molar-refractivity contribution is 9.10. The van der Waals surface area contributed by atoms with Crippen molar-refractivity contribution in [2.24, 2.45) is 0 Å². The molecule has 182 valence electrons. The fourth-order valence-electron chi connectivity index (χ4n) is 3.99. The van der Waals surface area contributed by atoms with Gasteiger partial charge < -0.3 is 15.0 Å². The highest BCUT2D eigenvalue weighted by Crippen LogP contribution is 2.35. The van der Waals surface area contributed by atoms with Gasteiger partial charge in [-0.1, -0.05) is 11.3 Å². The Labute approximate surface area is 207 Å². The molecule has 3 heterocycles. The summed E-state index contributed by atoms with van der Waals surface area (Å²) in [7, 11) is 0. The number of halogens is 2. The molecule has 2 aromatic rings. The van der Waals surface area contributed by atoms with E-state index in [4.69, 9.17) is 4.74 Å². The molecule has 13 heteroatoms. The van der Waals surface area contributed by atoms with Crippen LogP contribution in [0.5, 0.6) is 0 Å². The first-order valence-corrected chi connectivity index (χ1v) is 12.2. The van der Waals surface area contributed by atoms with Gasteiger partial charge >= 0.3 is 11.1 Å². The van der Waals surface area contributed by atoms with Crippen LogP contribution in [0.15, 0.2) is 28.7 Å². The van der Waals surface area contributed by atoms with Crippen LogP contribution in [-0.2, 0) is 16.1 Å². The zero-order chi connectivity index (χ0) is 24.4. The van der Waals surface area contributed by atoms with Crippen molar-refractivity contribution in [1.82, 2.24) is 10.2 Å². The number of piperazine rings is 1. The number of carbonyl (C=O) groups excluding carboxylic acids is 2. The lowest BCUT2D eigenvalue weighted by Crippen LogP contribution is -2.46. The standard InChI is InChI=1S/C21H23BrFN5O5S/c1-13(29)24-10-15-11-27(21(30)33-15)14-2-3-19(18(23)8-14)26-6-4-25(5-7-26)12-16-9-17(22)20(34-16)28(31)32/h2-3,8-9,15H,4-7,10-12H2,1H3,(H,24,29)/t15-/m0/s1. The maximum Gasteiger partial charge on any atom is 0.414 e. The lowest BCUT2D eigenvalue weighted by molar-refractivity contribution is -0.380. The number of rotatable bonds is 7. The van der Waals surface area contributed by atoms with Gasteiger partial charge in [-0.25, -0.2) is 9.18 Å². The second-order valence-electron chi connectivity index (χ2n) is 8.08. The van der Waals surface area contributed by atoms with Gasteiger partial charge in [-0.05, 0) is 40.2 Å². The molecule has 2 aliphatic heterocycles. The number of cyclic esters (lactones) is 1. The monoisotopic (exact) mass is 555 g/mol. The van der Waals surface area contributed by atoms with Crippen LogP contribution in [0, 0.1) is 15.9 Å². The predicted octanol–water partition coefficient (Wildman–Crippen LogP) is 3.34. The van der Waals surface area contributed by atoms with E-state index in [2.05, 4.69) is 26.1 Å². The molecule has 10 nitrogen and oxygen atoms in total. The van der Waals surface area contributed by atoms with Crippen molar-refractivity contribution in [3.63, 3.8) is 0 Å². The number of nitro groups is 1. The number of carbonyl (C=O) groups is 2. The van der Waals surface area contributed by atoms with Crippen molar-refractivity contribution in [2.45, 2.75) is 19.6 Å². The zero-order valence-corrected chi connectivity index (χ0v) is 20.7. The van der Waals surface area contributed by atoms with Gasteiger partial charge in [-0.2, -0.15) is 0 Å². The molecule has 4 rings (SSSR count). The lowest BCUT2D eigenvalue weighted by atomic mass is 10.2. The third-order valence-electron chi connectivity index (χ3n) is 5.67. The molecule has 1 aromatic carbocycles. The quantitative estimate of drug-likeness (QED) is 0.412. The molecular formula is C21H23BrFN5O5S. The summed E-state index contributed by atoms with van der Waals surface area (Å²) in [5.74, 6) is -0.642. The first-order chi connectivity index (χ1) is 16.2. The van der Waals surface area contributed by atoms with Crippen LogP contribution in [0.2, 0.25) is 0 Å². The van der Waals surface area contributed by atoms with Gasteiger partial charge in [0.2, 0.25) is 5.91 Å². The Morgan fingerprint density at radius 1 is 1.32 bits per heavy atom. The average Bonchev–Trinajstić information content (AvgIpc) is 3.35. The molecule has 2 amide bonds. The topological polar surface area (TPSA) is 108 Å². The Morgan fingerprint density at radius 3 is 2.68 bits per heavy atom. The number of nitrogens with zero attached hydrogens (tertiary/aromatic N) is 4. The van der Waals surface area contributed by atoms with Crippen LogP contribution in [0.4, 0.5) is 25.6 Å². The van der Waals surface area contributed by atoms with Crippen LogP contribution in [-0.4, -0.2) is 67.2 Å². The fraction of sp³-hybridized carbons (Fsp3) is 0.429. The summed E-state index contributed by atoms with van der Waals surface area (Å²) in [6.45, 7) is 5.01. The molecule has 0 aliphatic carbocycles. The summed E-state index contributed by atoms with van der Waals surface area (Å²) in [5, 5.41) is 13.7. The summed E-state index contributed by atoms with van der Waals surface area (Å²) in [6.07, 6.45) is -1.06. The van der Waals surface area contributed by atoms with Crippen LogP contribution in [0.25, 0.3) is 0 Å². The molecule has 0 spiro atoms. The van der Waals surface area contributed by atoms with E-state index in [-0.39, 0.29) is 24.0 Å². The SMILES string of the molecule is CC(=O)NC[C@H]1CN(c2ccc(N3CCN(Cc4cc(Br)c([N+](=O)[O-])s4)CC3)c(F)c2)C(=O)O1. The van der Waals surface area contributed by atoms with Crippen molar-refractivity contribution in [2.75, 3.05) is 49.1 Å². The second-order valence-corrected chi connectivity index (χ2v) is 10.0. The summed E-state index contributed by atoms with van der Waals surface area (Å²) in [4.78, 5) is 40.3. The van der Waals surface area contributed by atoms with Crippen LogP contribution in [0.1, 0.15) is 11.8 Å². The normalized spacial score (nSPS) is 18.8. The van der Waals surface area contributed by atoms with Crippen molar-refractivity contribution in [1.29, 1.82) is 0 Å². The van der Waals surface area contributed by atoms with E-state index in [0.29, 0.717) is 48.6 Å². The Balaban J connectivity index is 1.34. The van der Waals surface area contributed by atoms with Crippen molar-refractivity contribution < 1.29 is 23.6 Å². The Hall–Kier alpha value is -2.77. The third kappa shape index (κ3) is 5.47. The number of ether oxygens (including phenoxy) is 1. The van der Waals surface area contributed by atoms with E-state index < -0.39 is 22.9 Å². The number of anilines is 2. The van der Waals surface area contributed by atoms with Gasteiger partial charge in [0.05, 0.1) is 29.4 Å². The van der Waals surface area contributed by atoms with Gasteiger partial charge in [0, 0.05) is 44.5 Å². The van der Waals surface area contributed by atoms with Crippen molar-refractivity contribution in [3.8, 4) is 0 Å². The molecule has 0 saturated carbocycles. The summed E-state index contributed by atoms with van der Waals surface area (Å²) >= 11 is 4.39. The second kappa shape index (κ2) is 10.2. The minimum Gasteiger partial charge on any atom is -0.442 e. The first kappa shape index (κ1) is 24.4. The van der Waals surface area contributed by atoms with E-state index in [1.807, 2.05) is 4.90 Å². The third-order valence-corrected chi connectivity index (χ3v) is 7.61. The molecule has 2 saturated heterocycles. The molecule has 2 aliphatic rings. The zero-order valence-electron chi connectivity index (χ0n) is 18.3. The molecule has 0 bridgehead atoms. The molecule has 0 radical (unpaired) electrons. The van der Waals surface area contributed by atoms with Crippen LogP contribution >= 0.6 is 27.3 Å². The lowest BCUT2D eigenvalue weighted by Gasteiger charge is -2.36. The number of hydrogen-bond donors (Lipinski definition) is 1. The highest BCUT2D eigenvalue weighted by atomic mass is 79.9. The maximum absolute atomic E-state index is 15.0. The largest absolute Gasteiger partial charge is 0.442 e. The number of benzene rings is 1. The first-order valence-electron chi connectivity index (χ1n) is 10.6. The number of hydrogen-bond acceptors (Lipinski definition) is 8.